The van der Waals surface area contributed by atoms with Gasteiger partial charge in [0.1, 0.15) is 5.75 Å². The molecule has 1 aromatic rings. The summed E-state index contributed by atoms with van der Waals surface area (Å²) >= 11 is 0. The summed E-state index contributed by atoms with van der Waals surface area (Å²) in [5.74, 6) is 0.933. The lowest BCUT2D eigenvalue weighted by molar-refractivity contribution is -0.0799. The molecule has 4 nitrogen and oxygen atoms in total. The van der Waals surface area contributed by atoms with E-state index in [1.807, 2.05) is 6.07 Å². The second-order valence-corrected chi connectivity index (χ2v) is 5.88. The van der Waals surface area contributed by atoms with Crippen molar-refractivity contribution >= 4 is 0 Å². The first-order valence-electron chi connectivity index (χ1n) is 7.96. The Morgan fingerprint density at radius 1 is 1.33 bits per heavy atom. The van der Waals surface area contributed by atoms with Gasteiger partial charge >= 0.3 is 0 Å². The third kappa shape index (κ3) is 4.43. The number of ether oxygens (including phenoxy) is 2. The van der Waals surface area contributed by atoms with Gasteiger partial charge < -0.3 is 15.2 Å². The van der Waals surface area contributed by atoms with Crippen molar-refractivity contribution in [2.45, 2.75) is 45.4 Å². The summed E-state index contributed by atoms with van der Waals surface area (Å²) in [6.45, 7) is 9.56. The molecule has 1 aromatic carbocycles. The maximum atomic E-state index is 6.05. The second kappa shape index (κ2) is 7.78. The smallest absolute Gasteiger partial charge is 0.119 e. The molecule has 1 heterocycles. The summed E-state index contributed by atoms with van der Waals surface area (Å²) in [5.41, 5.74) is 7.28. The van der Waals surface area contributed by atoms with Crippen LogP contribution in [0.1, 0.15) is 38.8 Å². The summed E-state index contributed by atoms with van der Waals surface area (Å²) in [7, 11) is 0. The van der Waals surface area contributed by atoms with Crippen LogP contribution < -0.4 is 10.5 Å². The molecule has 1 aliphatic heterocycles. The van der Waals surface area contributed by atoms with Crippen LogP contribution >= 0.6 is 0 Å². The molecule has 1 saturated heterocycles. The molecule has 3 unspecified atom stereocenters. The van der Waals surface area contributed by atoms with E-state index in [0.717, 1.165) is 31.9 Å². The van der Waals surface area contributed by atoms with Crippen LogP contribution in [-0.2, 0) is 4.74 Å². The number of nitrogens with zero attached hydrogens (tertiary/aromatic N) is 1. The zero-order chi connectivity index (χ0) is 15.2. The molecule has 0 spiro atoms. The summed E-state index contributed by atoms with van der Waals surface area (Å²) in [6, 6.07) is 8.55. The Kier molecular flexibility index (Phi) is 6.03. The highest BCUT2D eigenvalue weighted by molar-refractivity contribution is 5.31. The van der Waals surface area contributed by atoms with Crippen molar-refractivity contribution in [3.05, 3.63) is 29.8 Å². The van der Waals surface area contributed by atoms with Gasteiger partial charge in [0.15, 0.2) is 0 Å². The van der Waals surface area contributed by atoms with Crippen molar-refractivity contribution in [1.29, 1.82) is 0 Å². The van der Waals surface area contributed by atoms with Crippen LogP contribution in [0.5, 0.6) is 5.75 Å². The van der Waals surface area contributed by atoms with E-state index >= 15 is 0 Å². The summed E-state index contributed by atoms with van der Waals surface area (Å²) in [6.07, 6.45) is 1.52. The highest BCUT2D eigenvalue weighted by Crippen LogP contribution is 2.26. The number of morpholine rings is 1. The van der Waals surface area contributed by atoms with Crippen LogP contribution in [0, 0.1) is 0 Å². The van der Waals surface area contributed by atoms with Gasteiger partial charge in [-0.1, -0.05) is 19.1 Å². The second-order valence-electron chi connectivity index (χ2n) is 5.88. The molecular weight excluding hydrogens is 264 g/mol. The lowest BCUT2D eigenvalue weighted by atomic mass is 10.0. The van der Waals surface area contributed by atoms with Crippen molar-refractivity contribution in [1.82, 2.24) is 4.90 Å². The van der Waals surface area contributed by atoms with Crippen molar-refractivity contribution < 1.29 is 9.47 Å². The SMILES string of the molecule is CCCOc1cccc(C(CN)N2CC(C)OC(C)C2)c1. The van der Waals surface area contributed by atoms with Gasteiger partial charge in [-0.2, -0.15) is 0 Å². The third-order valence-electron chi connectivity index (χ3n) is 3.83. The monoisotopic (exact) mass is 292 g/mol. The van der Waals surface area contributed by atoms with Gasteiger partial charge in [-0.3, -0.25) is 4.90 Å². The predicted octanol–water partition coefficient (Wildman–Crippen LogP) is 2.58. The fourth-order valence-corrected chi connectivity index (χ4v) is 3.00. The molecule has 4 heteroatoms. The van der Waals surface area contributed by atoms with E-state index in [9.17, 15) is 0 Å². The van der Waals surface area contributed by atoms with Gasteiger partial charge in [0.25, 0.3) is 0 Å². The Balaban J connectivity index is 2.12. The quantitative estimate of drug-likeness (QED) is 0.875. The molecule has 0 aromatic heterocycles. The fourth-order valence-electron chi connectivity index (χ4n) is 3.00. The van der Waals surface area contributed by atoms with Crippen LogP contribution in [0.15, 0.2) is 24.3 Å². The number of rotatable bonds is 6. The first kappa shape index (κ1) is 16.3. The van der Waals surface area contributed by atoms with E-state index in [1.54, 1.807) is 0 Å². The Hall–Kier alpha value is -1.10. The maximum absolute atomic E-state index is 6.05. The third-order valence-corrected chi connectivity index (χ3v) is 3.83. The average molecular weight is 292 g/mol. The number of hydrogen-bond acceptors (Lipinski definition) is 4. The summed E-state index contributed by atoms with van der Waals surface area (Å²) < 4.78 is 11.6. The Labute approximate surface area is 128 Å². The zero-order valence-electron chi connectivity index (χ0n) is 13.4. The van der Waals surface area contributed by atoms with Gasteiger partial charge in [-0.05, 0) is 38.0 Å². The largest absolute Gasteiger partial charge is 0.494 e. The molecule has 2 rings (SSSR count). The highest BCUT2D eigenvalue weighted by Gasteiger charge is 2.28. The van der Waals surface area contributed by atoms with Crippen LogP contribution in [0.25, 0.3) is 0 Å². The molecule has 0 bridgehead atoms. The normalized spacial score (nSPS) is 24.8. The minimum absolute atomic E-state index is 0.226. The average Bonchev–Trinajstić information content (AvgIpc) is 2.45. The lowest BCUT2D eigenvalue weighted by Crippen LogP contribution is -2.48. The molecule has 2 N–H and O–H groups in total. The molecule has 0 aliphatic carbocycles. The topological polar surface area (TPSA) is 47.7 Å². The first-order valence-corrected chi connectivity index (χ1v) is 7.96. The zero-order valence-corrected chi connectivity index (χ0v) is 13.4. The number of hydrogen-bond donors (Lipinski definition) is 1. The van der Waals surface area contributed by atoms with Crippen LogP contribution in [0.2, 0.25) is 0 Å². The molecule has 0 radical (unpaired) electrons. The summed E-state index contributed by atoms with van der Waals surface area (Å²) in [5, 5.41) is 0. The van der Waals surface area contributed by atoms with E-state index in [4.69, 9.17) is 15.2 Å². The van der Waals surface area contributed by atoms with Crippen LogP contribution in [0.3, 0.4) is 0 Å². The van der Waals surface area contributed by atoms with Crippen molar-refractivity contribution in [2.24, 2.45) is 5.73 Å². The predicted molar refractivity (Wildman–Crippen MR) is 85.6 cm³/mol. The van der Waals surface area contributed by atoms with Crippen molar-refractivity contribution in [3.63, 3.8) is 0 Å². The number of benzene rings is 1. The van der Waals surface area contributed by atoms with Crippen LogP contribution in [0.4, 0.5) is 0 Å². The molecule has 1 aliphatic rings. The molecular formula is C17H28N2O2. The van der Waals surface area contributed by atoms with Gasteiger partial charge in [0, 0.05) is 25.7 Å². The molecule has 118 valence electrons. The molecule has 3 atom stereocenters. The Bertz CT molecular complexity index is 429. The lowest BCUT2D eigenvalue weighted by Gasteiger charge is -2.40. The fraction of sp³-hybridized carbons (Fsp3) is 0.647. The van der Waals surface area contributed by atoms with E-state index in [1.165, 1.54) is 5.56 Å². The van der Waals surface area contributed by atoms with E-state index in [0.29, 0.717) is 6.54 Å². The van der Waals surface area contributed by atoms with Gasteiger partial charge in [0.2, 0.25) is 0 Å². The van der Waals surface area contributed by atoms with Crippen LogP contribution in [-0.4, -0.2) is 43.3 Å². The van der Waals surface area contributed by atoms with Gasteiger partial charge in [-0.25, -0.2) is 0 Å². The van der Waals surface area contributed by atoms with E-state index in [-0.39, 0.29) is 18.2 Å². The van der Waals surface area contributed by atoms with E-state index in [2.05, 4.69) is 43.9 Å². The minimum Gasteiger partial charge on any atom is -0.494 e. The maximum Gasteiger partial charge on any atom is 0.119 e. The van der Waals surface area contributed by atoms with Crippen molar-refractivity contribution in [3.8, 4) is 5.75 Å². The van der Waals surface area contributed by atoms with Crippen molar-refractivity contribution in [2.75, 3.05) is 26.2 Å². The summed E-state index contributed by atoms with van der Waals surface area (Å²) in [4.78, 5) is 2.43. The Morgan fingerprint density at radius 3 is 2.67 bits per heavy atom. The first-order chi connectivity index (χ1) is 10.1. The minimum atomic E-state index is 0.226. The Morgan fingerprint density at radius 2 is 2.05 bits per heavy atom. The standard InChI is InChI=1S/C17H28N2O2/c1-4-8-20-16-7-5-6-15(9-16)17(10-18)19-11-13(2)21-14(3)12-19/h5-7,9,13-14,17H,4,8,10-12,18H2,1-3H3. The molecule has 0 saturated carbocycles. The molecule has 0 amide bonds. The number of nitrogens with two attached hydrogens (primary N) is 1. The van der Waals surface area contributed by atoms with Gasteiger partial charge in [0.05, 0.1) is 18.8 Å². The van der Waals surface area contributed by atoms with Gasteiger partial charge in [-0.15, -0.1) is 0 Å². The van der Waals surface area contributed by atoms with E-state index < -0.39 is 0 Å². The molecule has 1 fully saturated rings. The highest BCUT2D eigenvalue weighted by atomic mass is 16.5. The molecule has 21 heavy (non-hydrogen) atoms.